The topological polar surface area (TPSA) is 115 Å². The van der Waals surface area contributed by atoms with Gasteiger partial charge in [-0.25, -0.2) is 17.9 Å². The molecule has 19 heavy (non-hydrogen) atoms. The average molecular weight is 286 g/mol. The zero-order valence-corrected chi connectivity index (χ0v) is 11.0. The average Bonchev–Trinajstić information content (AvgIpc) is 2.82. The maximum Gasteiger partial charge on any atom is 0.331 e. The molecule has 3 rings (SSSR count). The lowest BCUT2D eigenvalue weighted by Crippen LogP contribution is -2.49. The highest BCUT2D eigenvalue weighted by Gasteiger charge is 2.50. The highest BCUT2D eigenvalue weighted by Crippen LogP contribution is 2.41. The number of sulfone groups is 1. The van der Waals surface area contributed by atoms with Gasteiger partial charge in [0.2, 0.25) is 0 Å². The Morgan fingerprint density at radius 1 is 1.42 bits per heavy atom. The van der Waals surface area contributed by atoms with Crippen LogP contribution in [0.15, 0.2) is 0 Å². The minimum Gasteiger partial charge on any atom is -0.479 e. The molecule has 1 atom stereocenters. The molecule has 1 saturated carbocycles. The molecule has 2 fully saturated rings. The number of carboxylic acid groups (broad SMARTS) is 1. The number of hydrogen-bond acceptors (Lipinski definition) is 6. The van der Waals surface area contributed by atoms with Gasteiger partial charge in [-0.1, -0.05) is 0 Å². The molecule has 1 aliphatic carbocycles. The standard InChI is InChI=1S/C10H14N4O4S/c15-9(16)10(3-1-4-10)14-8(11-12-13-14)7-2-5-19(17,18)6-7/h7H,1-6H2,(H,15,16). The van der Waals surface area contributed by atoms with Crippen LogP contribution in [-0.4, -0.2) is 51.2 Å². The summed E-state index contributed by atoms with van der Waals surface area (Å²) >= 11 is 0. The van der Waals surface area contributed by atoms with Crippen molar-refractivity contribution in [1.82, 2.24) is 20.2 Å². The maximum absolute atomic E-state index is 11.5. The molecule has 9 heteroatoms. The maximum atomic E-state index is 11.5. The third-order valence-corrected chi connectivity index (χ3v) is 5.84. The predicted octanol–water partition coefficient (Wildman–Crippen LogP) is -0.461. The molecular weight excluding hydrogens is 272 g/mol. The normalized spacial score (nSPS) is 27.9. The fourth-order valence-corrected chi connectivity index (χ4v) is 4.52. The number of rotatable bonds is 3. The molecule has 1 saturated heterocycles. The van der Waals surface area contributed by atoms with Gasteiger partial charge in [0, 0.05) is 5.92 Å². The zero-order valence-electron chi connectivity index (χ0n) is 10.2. The van der Waals surface area contributed by atoms with E-state index in [9.17, 15) is 18.3 Å². The number of aromatic nitrogens is 4. The van der Waals surface area contributed by atoms with Crippen LogP contribution in [-0.2, 0) is 20.2 Å². The van der Waals surface area contributed by atoms with Crippen LogP contribution in [0.25, 0.3) is 0 Å². The second-order valence-electron chi connectivity index (χ2n) is 5.24. The number of carbonyl (C=O) groups is 1. The lowest BCUT2D eigenvalue weighted by Gasteiger charge is -2.38. The molecule has 1 unspecified atom stereocenters. The summed E-state index contributed by atoms with van der Waals surface area (Å²) in [5, 5.41) is 20.6. The van der Waals surface area contributed by atoms with E-state index in [-0.39, 0.29) is 17.4 Å². The van der Waals surface area contributed by atoms with E-state index in [1.54, 1.807) is 0 Å². The van der Waals surface area contributed by atoms with E-state index >= 15 is 0 Å². The van der Waals surface area contributed by atoms with Crippen LogP contribution in [0.5, 0.6) is 0 Å². The summed E-state index contributed by atoms with van der Waals surface area (Å²) < 4.78 is 24.4. The van der Waals surface area contributed by atoms with Crippen molar-refractivity contribution < 1.29 is 18.3 Å². The van der Waals surface area contributed by atoms with Crippen molar-refractivity contribution >= 4 is 15.8 Å². The van der Waals surface area contributed by atoms with Crippen LogP contribution in [0.1, 0.15) is 37.4 Å². The van der Waals surface area contributed by atoms with E-state index < -0.39 is 21.3 Å². The first-order valence-electron chi connectivity index (χ1n) is 6.17. The Labute approximate surface area is 109 Å². The molecule has 8 nitrogen and oxygen atoms in total. The van der Waals surface area contributed by atoms with Crippen molar-refractivity contribution in [2.24, 2.45) is 0 Å². The van der Waals surface area contributed by atoms with Gasteiger partial charge in [0.15, 0.2) is 21.2 Å². The molecule has 1 aromatic heterocycles. The van der Waals surface area contributed by atoms with Gasteiger partial charge < -0.3 is 5.11 Å². The monoisotopic (exact) mass is 286 g/mol. The SMILES string of the molecule is O=C(O)C1(n2nnnc2C2CCS(=O)(=O)C2)CCC1. The van der Waals surface area contributed by atoms with Gasteiger partial charge in [-0.2, -0.15) is 0 Å². The fourth-order valence-electron chi connectivity index (χ4n) is 2.78. The van der Waals surface area contributed by atoms with Crippen molar-refractivity contribution in [3.63, 3.8) is 0 Å². The van der Waals surface area contributed by atoms with Gasteiger partial charge in [0.05, 0.1) is 11.5 Å². The van der Waals surface area contributed by atoms with Gasteiger partial charge in [-0.15, -0.1) is 5.10 Å². The summed E-state index contributed by atoms with van der Waals surface area (Å²) in [6, 6.07) is 0. The molecule has 1 aliphatic heterocycles. The Hall–Kier alpha value is -1.51. The van der Waals surface area contributed by atoms with Crippen LogP contribution in [0.2, 0.25) is 0 Å². The van der Waals surface area contributed by atoms with Crippen LogP contribution in [0, 0.1) is 0 Å². The third-order valence-electron chi connectivity index (χ3n) is 4.08. The van der Waals surface area contributed by atoms with E-state index in [1.807, 2.05) is 0 Å². The third kappa shape index (κ3) is 1.83. The lowest BCUT2D eigenvalue weighted by atomic mass is 9.76. The Morgan fingerprint density at radius 2 is 2.16 bits per heavy atom. The van der Waals surface area contributed by atoms with Crippen molar-refractivity contribution in [3.8, 4) is 0 Å². The van der Waals surface area contributed by atoms with Crippen molar-refractivity contribution in [2.45, 2.75) is 37.1 Å². The second-order valence-corrected chi connectivity index (χ2v) is 7.47. The molecule has 2 heterocycles. The Balaban J connectivity index is 1.97. The van der Waals surface area contributed by atoms with Gasteiger partial charge in [0.1, 0.15) is 0 Å². The first-order valence-corrected chi connectivity index (χ1v) is 7.99. The minimum absolute atomic E-state index is 0.00305. The number of hydrogen-bond donors (Lipinski definition) is 1. The van der Waals surface area contributed by atoms with Gasteiger partial charge in [-0.05, 0) is 36.1 Å². The highest BCUT2D eigenvalue weighted by atomic mass is 32.2. The summed E-state index contributed by atoms with van der Waals surface area (Å²) in [6.45, 7) is 0. The molecule has 0 bridgehead atoms. The molecular formula is C10H14N4O4S. The number of carboxylic acids is 1. The van der Waals surface area contributed by atoms with Crippen LogP contribution < -0.4 is 0 Å². The summed E-state index contributed by atoms with van der Waals surface area (Å²) in [4.78, 5) is 11.5. The highest BCUT2D eigenvalue weighted by molar-refractivity contribution is 7.91. The van der Waals surface area contributed by atoms with E-state index in [0.717, 1.165) is 6.42 Å². The first-order chi connectivity index (χ1) is 8.95. The Bertz CT molecular complexity index is 619. The smallest absolute Gasteiger partial charge is 0.331 e. The van der Waals surface area contributed by atoms with E-state index in [2.05, 4.69) is 15.5 Å². The minimum atomic E-state index is -3.05. The lowest BCUT2D eigenvalue weighted by molar-refractivity contribution is -0.153. The Kier molecular flexibility index (Phi) is 2.63. The van der Waals surface area contributed by atoms with Crippen LogP contribution in [0.3, 0.4) is 0 Å². The quantitative estimate of drug-likeness (QED) is 0.799. The molecule has 0 spiro atoms. The first kappa shape index (κ1) is 12.5. The molecule has 0 amide bonds. The predicted molar refractivity (Wildman–Crippen MR) is 63.3 cm³/mol. The molecule has 1 N–H and O–H groups in total. The summed E-state index contributed by atoms with van der Waals surface area (Å²) in [7, 11) is -3.05. The summed E-state index contributed by atoms with van der Waals surface area (Å²) in [5.74, 6) is -0.735. The van der Waals surface area contributed by atoms with Crippen LogP contribution in [0.4, 0.5) is 0 Å². The van der Waals surface area contributed by atoms with Gasteiger partial charge >= 0.3 is 5.97 Å². The molecule has 0 aromatic carbocycles. The van der Waals surface area contributed by atoms with Crippen molar-refractivity contribution in [3.05, 3.63) is 5.82 Å². The largest absolute Gasteiger partial charge is 0.479 e. The number of aliphatic carboxylic acids is 1. The molecule has 0 radical (unpaired) electrons. The zero-order chi connectivity index (χ0) is 13.7. The summed E-state index contributed by atoms with van der Waals surface area (Å²) in [5.41, 5.74) is -1.08. The van der Waals surface area contributed by atoms with E-state index in [0.29, 0.717) is 25.1 Å². The fraction of sp³-hybridized carbons (Fsp3) is 0.800. The van der Waals surface area contributed by atoms with E-state index in [1.165, 1.54) is 4.68 Å². The number of tetrazole rings is 1. The number of nitrogens with zero attached hydrogens (tertiary/aromatic N) is 4. The van der Waals surface area contributed by atoms with Crippen LogP contribution >= 0.6 is 0 Å². The summed E-state index contributed by atoms with van der Waals surface area (Å²) in [6.07, 6.45) is 2.24. The van der Waals surface area contributed by atoms with Gasteiger partial charge in [-0.3, -0.25) is 0 Å². The van der Waals surface area contributed by atoms with Gasteiger partial charge in [0.25, 0.3) is 0 Å². The molecule has 1 aromatic rings. The molecule has 2 aliphatic rings. The second kappa shape index (κ2) is 3.99. The van der Waals surface area contributed by atoms with Crippen molar-refractivity contribution in [2.75, 3.05) is 11.5 Å². The Morgan fingerprint density at radius 3 is 2.63 bits per heavy atom. The van der Waals surface area contributed by atoms with Crippen molar-refractivity contribution in [1.29, 1.82) is 0 Å². The molecule has 104 valence electrons. The van der Waals surface area contributed by atoms with E-state index in [4.69, 9.17) is 0 Å².